The van der Waals surface area contributed by atoms with E-state index in [9.17, 15) is 4.39 Å². The van der Waals surface area contributed by atoms with Crippen LogP contribution in [-0.2, 0) is 20.0 Å². The van der Waals surface area contributed by atoms with Gasteiger partial charge in [0.1, 0.15) is 18.0 Å². The highest BCUT2D eigenvalue weighted by Crippen LogP contribution is 2.16. The van der Waals surface area contributed by atoms with Crippen LogP contribution in [0.25, 0.3) is 0 Å². The number of aryl methyl sites for hydroxylation is 1. The summed E-state index contributed by atoms with van der Waals surface area (Å²) in [5.41, 5.74) is 0.759. The van der Waals surface area contributed by atoms with Crippen LogP contribution in [0.2, 0.25) is 5.02 Å². The van der Waals surface area contributed by atoms with E-state index in [1.807, 2.05) is 11.6 Å². The summed E-state index contributed by atoms with van der Waals surface area (Å²) >= 11 is 5.97. The van der Waals surface area contributed by atoms with Crippen molar-refractivity contribution in [3.05, 3.63) is 46.8 Å². The Balaban J connectivity index is 1.82. The fourth-order valence-electron chi connectivity index (χ4n) is 1.64. The fraction of sp³-hybridized carbons (Fsp3) is 0.333. The highest BCUT2D eigenvalue weighted by atomic mass is 35.5. The van der Waals surface area contributed by atoms with E-state index in [4.69, 9.17) is 11.6 Å². The molecule has 1 heterocycles. The first-order valence-corrected chi connectivity index (χ1v) is 6.02. The number of benzene rings is 1. The van der Waals surface area contributed by atoms with E-state index >= 15 is 0 Å². The minimum absolute atomic E-state index is 0.274. The Hall–Kier alpha value is -1.46. The molecule has 6 heteroatoms. The highest BCUT2D eigenvalue weighted by molar-refractivity contribution is 6.31. The molecule has 0 aliphatic carbocycles. The van der Waals surface area contributed by atoms with E-state index in [1.165, 1.54) is 12.1 Å². The molecule has 4 nitrogen and oxygen atoms in total. The van der Waals surface area contributed by atoms with Gasteiger partial charge in [0.05, 0.1) is 0 Å². The van der Waals surface area contributed by atoms with E-state index in [0.29, 0.717) is 11.6 Å². The maximum Gasteiger partial charge on any atom is 0.133 e. The molecule has 0 amide bonds. The molecule has 0 saturated carbocycles. The first-order valence-electron chi connectivity index (χ1n) is 5.64. The van der Waals surface area contributed by atoms with Gasteiger partial charge >= 0.3 is 0 Å². The van der Waals surface area contributed by atoms with Gasteiger partial charge in [-0.05, 0) is 23.8 Å². The summed E-state index contributed by atoms with van der Waals surface area (Å²) in [6, 6.07) is 4.36. The zero-order chi connectivity index (χ0) is 13.0. The van der Waals surface area contributed by atoms with Crippen LogP contribution in [0.4, 0.5) is 4.39 Å². The van der Waals surface area contributed by atoms with Crippen molar-refractivity contribution in [2.24, 2.45) is 7.05 Å². The van der Waals surface area contributed by atoms with Gasteiger partial charge in [0.2, 0.25) is 0 Å². The van der Waals surface area contributed by atoms with Crippen LogP contribution in [0.15, 0.2) is 24.5 Å². The smallest absolute Gasteiger partial charge is 0.133 e. The summed E-state index contributed by atoms with van der Waals surface area (Å²) in [6.45, 7) is 1.27. The number of aromatic nitrogens is 3. The van der Waals surface area contributed by atoms with Crippen molar-refractivity contribution in [2.75, 3.05) is 6.54 Å². The molecule has 1 N–H and O–H groups in total. The van der Waals surface area contributed by atoms with Gasteiger partial charge in [0, 0.05) is 31.6 Å². The second-order valence-corrected chi connectivity index (χ2v) is 4.43. The normalized spacial score (nSPS) is 10.8. The number of nitrogens with zero attached hydrogens (tertiary/aromatic N) is 3. The summed E-state index contributed by atoms with van der Waals surface area (Å²) < 4.78 is 14.9. The molecule has 0 unspecified atom stereocenters. The third kappa shape index (κ3) is 3.27. The van der Waals surface area contributed by atoms with Crippen LogP contribution in [0.1, 0.15) is 11.4 Å². The average Bonchev–Trinajstić information content (AvgIpc) is 2.75. The lowest BCUT2D eigenvalue weighted by Crippen LogP contribution is -2.18. The SMILES string of the molecule is Cn1cnnc1CCNCc1cc(F)ccc1Cl. The lowest BCUT2D eigenvalue weighted by Gasteiger charge is -2.06. The third-order valence-corrected chi connectivity index (χ3v) is 3.02. The quantitative estimate of drug-likeness (QED) is 0.843. The Morgan fingerprint density at radius 1 is 1.44 bits per heavy atom. The van der Waals surface area contributed by atoms with Gasteiger partial charge in [-0.15, -0.1) is 10.2 Å². The van der Waals surface area contributed by atoms with Crippen LogP contribution in [0.3, 0.4) is 0 Å². The Morgan fingerprint density at radius 3 is 3.00 bits per heavy atom. The molecule has 0 aliphatic heterocycles. The standard InChI is InChI=1S/C12H14ClFN4/c1-18-8-16-17-12(18)4-5-15-7-9-6-10(14)2-3-11(9)13/h2-3,6,8,15H,4-5,7H2,1H3. The van der Waals surface area contributed by atoms with Crippen molar-refractivity contribution in [3.63, 3.8) is 0 Å². The Labute approximate surface area is 110 Å². The number of halogens is 2. The van der Waals surface area contributed by atoms with Crippen molar-refractivity contribution in [2.45, 2.75) is 13.0 Å². The first-order chi connectivity index (χ1) is 8.66. The van der Waals surface area contributed by atoms with Crippen molar-refractivity contribution in [3.8, 4) is 0 Å². The van der Waals surface area contributed by atoms with Gasteiger partial charge in [0.15, 0.2) is 0 Å². The Kier molecular flexibility index (Phi) is 4.28. The molecule has 18 heavy (non-hydrogen) atoms. The molecule has 1 aromatic carbocycles. The van der Waals surface area contributed by atoms with Gasteiger partial charge in [-0.3, -0.25) is 0 Å². The third-order valence-electron chi connectivity index (χ3n) is 2.65. The Bertz CT molecular complexity index is 527. The molecule has 96 valence electrons. The molecule has 0 saturated heterocycles. The van der Waals surface area contributed by atoms with Gasteiger partial charge in [-0.25, -0.2) is 4.39 Å². The van der Waals surface area contributed by atoms with Gasteiger partial charge in [-0.2, -0.15) is 0 Å². The molecule has 1 aromatic heterocycles. The van der Waals surface area contributed by atoms with Crippen molar-refractivity contribution < 1.29 is 4.39 Å². The fourth-order valence-corrected chi connectivity index (χ4v) is 1.82. The van der Waals surface area contributed by atoms with Crippen LogP contribution in [-0.4, -0.2) is 21.3 Å². The summed E-state index contributed by atoms with van der Waals surface area (Å²) in [5.74, 6) is 0.636. The predicted octanol–water partition coefficient (Wildman–Crippen LogP) is 1.94. The Morgan fingerprint density at radius 2 is 2.28 bits per heavy atom. The lowest BCUT2D eigenvalue weighted by molar-refractivity contribution is 0.617. The minimum atomic E-state index is -0.274. The number of hydrogen-bond acceptors (Lipinski definition) is 3. The minimum Gasteiger partial charge on any atom is -0.321 e. The van der Waals surface area contributed by atoms with Crippen LogP contribution in [0, 0.1) is 5.82 Å². The molecule has 0 spiro atoms. The summed E-state index contributed by atoms with van der Waals surface area (Å²) in [7, 11) is 1.90. The maximum absolute atomic E-state index is 13.0. The summed E-state index contributed by atoms with van der Waals surface area (Å²) in [5, 5.41) is 11.6. The van der Waals surface area contributed by atoms with E-state index < -0.39 is 0 Å². The second-order valence-electron chi connectivity index (χ2n) is 4.02. The van der Waals surface area contributed by atoms with Crippen LogP contribution >= 0.6 is 11.6 Å². The number of rotatable bonds is 5. The molecular formula is C12H14ClFN4. The summed E-state index contributed by atoms with van der Waals surface area (Å²) in [6.07, 6.45) is 2.43. The topological polar surface area (TPSA) is 42.7 Å². The molecule has 0 fully saturated rings. The predicted molar refractivity (Wildman–Crippen MR) is 67.8 cm³/mol. The maximum atomic E-state index is 13.0. The van der Waals surface area contributed by atoms with Crippen LogP contribution in [0.5, 0.6) is 0 Å². The van der Waals surface area contributed by atoms with Crippen molar-refractivity contribution in [1.29, 1.82) is 0 Å². The highest BCUT2D eigenvalue weighted by Gasteiger charge is 2.03. The number of nitrogens with one attached hydrogen (secondary N) is 1. The average molecular weight is 269 g/mol. The monoisotopic (exact) mass is 268 g/mol. The van der Waals surface area contributed by atoms with E-state index in [0.717, 1.165) is 24.4 Å². The second kappa shape index (κ2) is 5.93. The van der Waals surface area contributed by atoms with E-state index in [2.05, 4.69) is 15.5 Å². The lowest BCUT2D eigenvalue weighted by atomic mass is 10.2. The van der Waals surface area contributed by atoms with Crippen molar-refractivity contribution in [1.82, 2.24) is 20.1 Å². The molecule has 0 atom stereocenters. The molecule has 0 bridgehead atoms. The van der Waals surface area contributed by atoms with Crippen molar-refractivity contribution >= 4 is 11.6 Å². The largest absolute Gasteiger partial charge is 0.321 e. The number of hydrogen-bond donors (Lipinski definition) is 1. The molecule has 0 radical (unpaired) electrons. The summed E-state index contributed by atoms with van der Waals surface area (Å²) in [4.78, 5) is 0. The van der Waals surface area contributed by atoms with E-state index in [1.54, 1.807) is 12.4 Å². The van der Waals surface area contributed by atoms with Crippen LogP contribution < -0.4 is 5.32 Å². The van der Waals surface area contributed by atoms with Gasteiger partial charge < -0.3 is 9.88 Å². The zero-order valence-electron chi connectivity index (χ0n) is 10.0. The molecule has 0 aliphatic rings. The molecule has 2 aromatic rings. The van der Waals surface area contributed by atoms with Gasteiger partial charge in [0.25, 0.3) is 0 Å². The van der Waals surface area contributed by atoms with E-state index in [-0.39, 0.29) is 5.82 Å². The molecule has 2 rings (SSSR count). The van der Waals surface area contributed by atoms with Gasteiger partial charge in [-0.1, -0.05) is 11.6 Å². The molecular weight excluding hydrogens is 255 g/mol. The zero-order valence-corrected chi connectivity index (χ0v) is 10.8. The first kappa shape index (κ1) is 13.0.